The van der Waals surface area contributed by atoms with Gasteiger partial charge in [-0.05, 0) is 38.0 Å². The molecule has 0 aromatic heterocycles. The van der Waals surface area contributed by atoms with Gasteiger partial charge in [0, 0.05) is 12.6 Å². The number of carbonyl (C=O) groups excluding carboxylic acids is 1. The summed E-state index contributed by atoms with van der Waals surface area (Å²) in [6.45, 7) is 7.44. The van der Waals surface area contributed by atoms with Gasteiger partial charge in [-0.15, -0.1) is 0 Å². The summed E-state index contributed by atoms with van der Waals surface area (Å²) in [7, 11) is 0. The van der Waals surface area contributed by atoms with Crippen molar-refractivity contribution in [3.8, 4) is 0 Å². The first-order valence-corrected chi connectivity index (χ1v) is 7.12. The number of likely N-dealkylation sites (tertiary alicyclic amines) is 1. The summed E-state index contributed by atoms with van der Waals surface area (Å²) in [6.07, 6.45) is 6.45. The summed E-state index contributed by atoms with van der Waals surface area (Å²) in [5, 5.41) is 0. The van der Waals surface area contributed by atoms with Crippen molar-refractivity contribution in [2.45, 2.75) is 71.4 Å². The molecule has 0 radical (unpaired) electrons. The number of rotatable bonds is 5. The SMILES string of the molecule is CCCC(N)C(=O)N1CCCCC1CC(C)C. The summed E-state index contributed by atoms with van der Waals surface area (Å²) in [4.78, 5) is 14.3. The maximum Gasteiger partial charge on any atom is 0.239 e. The zero-order chi connectivity index (χ0) is 12.8. The highest BCUT2D eigenvalue weighted by Gasteiger charge is 2.29. The molecule has 1 rings (SSSR count). The molecule has 0 aliphatic carbocycles. The predicted octanol–water partition coefficient (Wildman–Crippen LogP) is 2.54. The fourth-order valence-electron chi connectivity index (χ4n) is 2.73. The summed E-state index contributed by atoms with van der Waals surface area (Å²) >= 11 is 0. The second-order valence-electron chi connectivity index (χ2n) is 5.71. The summed E-state index contributed by atoms with van der Waals surface area (Å²) in [5.74, 6) is 0.827. The van der Waals surface area contributed by atoms with Crippen molar-refractivity contribution in [3.05, 3.63) is 0 Å². The molecule has 0 aromatic rings. The van der Waals surface area contributed by atoms with Gasteiger partial charge in [0.1, 0.15) is 0 Å². The zero-order valence-electron chi connectivity index (χ0n) is 11.6. The van der Waals surface area contributed by atoms with Gasteiger partial charge in [-0.25, -0.2) is 0 Å². The Morgan fingerprint density at radius 2 is 2.12 bits per heavy atom. The Morgan fingerprint density at radius 3 is 2.71 bits per heavy atom. The highest BCUT2D eigenvalue weighted by molar-refractivity contribution is 5.82. The van der Waals surface area contributed by atoms with E-state index in [9.17, 15) is 4.79 Å². The smallest absolute Gasteiger partial charge is 0.239 e. The number of nitrogens with zero attached hydrogens (tertiary/aromatic N) is 1. The molecule has 2 N–H and O–H groups in total. The first kappa shape index (κ1) is 14.5. The second-order valence-corrected chi connectivity index (χ2v) is 5.71. The van der Waals surface area contributed by atoms with Crippen molar-refractivity contribution in [2.24, 2.45) is 11.7 Å². The van der Waals surface area contributed by atoms with E-state index in [1.807, 2.05) is 0 Å². The summed E-state index contributed by atoms with van der Waals surface area (Å²) < 4.78 is 0. The van der Waals surface area contributed by atoms with Crippen LogP contribution < -0.4 is 5.73 Å². The van der Waals surface area contributed by atoms with Crippen molar-refractivity contribution >= 4 is 5.91 Å². The van der Waals surface area contributed by atoms with E-state index in [0.717, 1.165) is 38.6 Å². The third-order valence-electron chi connectivity index (χ3n) is 3.57. The van der Waals surface area contributed by atoms with Crippen LogP contribution in [0.3, 0.4) is 0 Å². The molecule has 1 heterocycles. The molecular formula is C14H28N2O. The lowest BCUT2D eigenvalue weighted by Gasteiger charge is -2.38. The molecule has 1 amide bonds. The van der Waals surface area contributed by atoms with E-state index in [2.05, 4.69) is 25.7 Å². The molecule has 0 aromatic carbocycles. The third-order valence-corrected chi connectivity index (χ3v) is 3.57. The summed E-state index contributed by atoms with van der Waals surface area (Å²) in [5.41, 5.74) is 5.96. The average molecular weight is 240 g/mol. The van der Waals surface area contributed by atoms with E-state index in [-0.39, 0.29) is 11.9 Å². The number of nitrogens with two attached hydrogens (primary N) is 1. The molecule has 1 saturated heterocycles. The van der Waals surface area contributed by atoms with Crippen LogP contribution in [0.25, 0.3) is 0 Å². The Balaban J connectivity index is 2.60. The molecule has 3 nitrogen and oxygen atoms in total. The minimum Gasteiger partial charge on any atom is -0.338 e. The van der Waals surface area contributed by atoms with Crippen molar-refractivity contribution in [3.63, 3.8) is 0 Å². The topological polar surface area (TPSA) is 46.3 Å². The molecular weight excluding hydrogens is 212 g/mol. The lowest BCUT2D eigenvalue weighted by Crippen LogP contribution is -2.51. The van der Waals surface area contributed by atoms with Gasteiger partial charge in [0.2, 0.25) is 5.91 Å². The number of hydrogen-bond donors (Lipinski definition) is 1. The monoisotopic (exact) mass is 240 g/mol. The van der Waals surface area contributed by atoms with Crippen LogP contribution in [0, 0.1) is 5.92 Å². The largest absolute Gasteiger partial charge is 0.338 e. The number of carbonyl (C=O) groups is 1. The van der Waals surface area contributed by atoms with Crippen LogP contribution in [0.5, 0.6) is 0 Å². The molecule has 1 aliphatic heterocycles. The van der Waals surface area contributed by atoms with E-state index in [0.29, 0.717) is 12.0 Å². The normalized spacial score (nSPS) is 22.9. The van der Waals surface area contributed by atoms with Crippen LogP contribution in [0.15, 0.2) is 0 Å². The molecule has 0 spiro atoms. The highest BCUT2D eigenvalue weighted by atomic mass is 16.2. The van der Waals surface area contributed by atoms with Crippen molar-refractivity contribution < 1.29 is 4.79 Å². The van der Waals surface area contributed by atoms with Crippen molar-refractivity contribution in [1.82, 2.24) is 4.90 Å². The Bertz CT molecular complexity index is 240. The molecule has 100 valence electrons. The Hall–Kier alpha value is -0.570. The Kier molecular flexibility index (Phi) is 5.96. The van der Waals surface area contributed by atoms with E-state index >= 15 is 0 Å². The van der Waals surface area contributed by atoms with E-state index in [1.54, 1.807) is 0 Å². The Labute approximate surface area is 106 Å². The van der Waals surface area contributed by atoms with Crippen LogP contribution in [0.4, 0.5) is 0 Å². The molecule has 1 fully saturated rings. The van der Waals surface area contributed by atoms with Crippen LogP contribution in [-0.4, -0.2) is 29.4 Å². The minimum atomic E-state index is -0.284. The van der Waals surface area contributed by atoms with Crippen LogP contribution in [0.1, 0.15) is 59.3 Å². The highest BCUT2D eigenvalue weighted by Crippen LogP contribution is 2.23. The lowest BCUT2D eigenvalue weighted by atomic mass is 9.93. The second kappa shape index (κ2) is 7.00. The van der Waals surface area contributed by atoms with E-state index < -0.39 is 0 Å². The van der Waals surface area contributed by atoms with E-state index in [1.165, 1.54) is 6.42 Å². The first-order valence-electron chi connectivity index (χ1n) is 7.12. The van der Waals surface area contributed by atoms with Gasteiger partial charge in [0.15, 0.2) is 0 Å². The lowest BCUT2D eigenvalue weighted by molar-refractivity contribution is -0.136. The van der Waals surface area contributed by atoms with Crippen LogP contribution in [-0.2, 0) is 4.79 Å². The van der Waals surface area contributed by atoms with Gasteiger partial charge in [0.05, 0.1) is 6.04 Å². The van der Waals surface area contributed by atoms with Crippen molar-refractivity contribution in [1.29, 1.82) is 0 Å². The first-order chi connectivity index (χ1) is 8.06. The van der Waals surface area contributed by atoms with Gasteiger partial charge in [-0.1, -0.05) is 27.2 Å². The third kappa shape index (κ3) is 4.30. The Morgan fingerprint density at radius 1 is 1.41 bits per heavy atom. The van der Waals surface area contributed by atoms with Gasteiger partial charge in [-0.3, -0.25) is 4.79 Å². The van der Waals surface area contributed by atoms with Gasteiger partial charge >= 0.3 is 0 Å². The fraction of sp³-hybridized carbons (Fsp3) is 0.929. The van der Waals surface area contributed by atoms with Crippen molar-refractivity contribution in [2.75, 3.05) is 6.54 Å². The van der Waals surface area contributed by atoms with Gasteiger partial charge in [-0.2, -0.15) is 0 Å². The van der Waals surface area contributed by atoms with Gasteiger partial charge in [0.25, 0.3) is 0 Å². The van der Waals surface area contributed by atoms with Gasteiger partial charge < -0.3 is 10.6 Å². The standard InChI is InChI=1S/C14H28N2O/c1-4-7-13(15)14(17)16-9-6-5-8-12(16)10-11(2)3/h11-13H,4-10,15H2,1-3H3. The quantitative estimate of drug-likeness (QED) is 0.802. The molecule has 3 heteroatoms. The average Bonchev–Trinajstić information content (AvgIpc) is 2.28. The fourth-order valence-corrected chi connectivity index (χ4v) is 2.73. The number of hydrogen-bond acceptors (Lipinski definition) is 2. The molecule has 17 heavy (non-hydrogen) atoms. The predicted molar refractivity (Wildman–Crippen MR) is 71.7 cm³/mol. The maximum absolute atomic E-state index is 12.3. The molecule has 2 atom stereocenters. The maximum atomic E-state index is 12.3. The zero-order valence-corrected chi connectivity index (χ0v) is 11.6. The molecule has 0 saturated carbocycles. The number of amides is 1. The van der Waals surface area contributed by atoms with Crippen LogP contribution >= 0.6 is 0 Å². The minimum absolute atomic E-state index is 0.178. The van der Waals surface area contributed by atoms with E-state index in [4.69, 9.17) is 5.73 Å². The summed E-state index contributed by atoms with van der Waals surface area (Å²) in [6, 6.07) is 0.145. The van der Waals surface area contributed by atoms with Crippen LogP contribution in [0.2, 0.25) is 0 Å². The molecule has 2 unspecified atom stereocenters. The molecule has 0 bridgehead atoms. The number of piperidine rings is 1. The molecule has 1 aliphatic rings.